The molecule has 0 saturated carbocycles. The van der Waals surface area contributed by atoms with E-state index in [1.165, 1.54) is 19.2 Å². The summed E-state index contributed by atoms with van der Waals surface area (Å²) in [7, 11) is -2.15. The number of ether oxygens (including phenoxy) is 1. The Morgan fingerprint density at radius 1 is 1.18 bits per heavy atom. The number of nitrogens with zero attached hydrogens (tertiary/aromatic N) is 3. The molecule has 1 N–H and O–H groups in total. The number of benzene rings is 2. The van der Waals surface area contributed by atoms with Crippen LogP contribution < -0.4 is 4.72 Å². The normalized spacial score (nSPS) is 16.6. The van der Waals surface area contributed by atoms with E-state index >= 15 is 0 Å². The van der Waals surface area contributed by atoms with E-state index in [-0.39, 0.29) is 29.9 Å². The second-order valence-electron chi connectivity index (χ2n) is 7.90. The first-order valence-electron chi connectivity index (χ1n) is 10.7. The minimum Gasteiger partial charge on any atom is -0.375 e. The molecule has 10 heteroatoms. The van der Waals surface area contributed by atoms with Crippen LogP contribution in [0.25, 0.3) is 11.4 Å². The van der Waals surface area contributed by atoms with Crippen molar-refractivity contribution in [3.63, 3.8) is 0 Å². The van der Waals surface area contributed by atoms with Crippen molar-refractivity contribution in [3.8, 4) is 11.4 Å². The molecular formula is C23H26N4O5S. The van der Waals surface area contributed by atoms with E-state index in [1.54, 1.807) is 17.0 Å². The molecule has 1 saturated heterocycles. The number of likely N-dealkylation sites (tertiary alicyclic amines) is 1. The van der Waals surface area contributed by atoms with Crippen molar-refractivity contribution in [3.05, 3.63) is 66.1 Å². The van der Waals surface area contributed by atoms with Gasteiger partial charge in [0.05, 0.1) is 10.8 Å². The number of carbonyl (C=O) groups excluding carboxylic acids is 1. The molecule has 9 nitrogen and oxygen atoms in total. The van der Waals surface area contributed by atoms with Crippen LogP contribution in [0.4, 0.5) is 0 Å². The van der Waals surface area contributed by atoms with Crippen molar-refractivity contribution < 1.29 is 22.5 Å². The Morgan fingerprint density at radius 2 is 1.94 bits per heavy atom. The zero-order valence-corrected chi connectivity index (χ0v) is 19.1. The molecule has 4 rings (SSSR count). The molecule has 1 fully saturated rings. The van der Waals surface area contributed by atoms with Crippen LogP contribution in [0.15, 0.2) is 64.0 Å². The van der Waals surface area contributed by atoms with Gasteiger partial charge in [-0.05, 0) is 42.7 Å². The fraction of sp³-hybridized carbons (Fsp3) is 0.348. The Morgan fingerprint density at radius 3 is 2.67 bits per heavy atom. The monoisotopic (exact) mass is 470 g/mol. The molecule has 1 atom stereocenters. The van der Waals surface area contributed by atoms with Crippen molar-refractivity contribution in [1.29, 1.82) is 0 Å². The van der Waals surface area contributed by atoms with E-state index in [2.05, 4.69) is 14.9 Å². The molecule has 0 radical (unpaired) electrons. The van der Waals surface area contributed by atoms with Gasteiger partial charge in [0.1, 0.15) is 6.61 Å². The summed E-state index contributed by atoms with van der Waals surface area (Å²) >= 11 is 0. The first-order chi connectivity index (χ1) is 16.0. The Bertz CT molecular complexity index is 1180. The number of methoxy groups -OCH3 is 1. The van der Waals surface area contributed by atoms with Gasteiger partial charge >= 0.3 is 0 Å². The maximum Gasteiger partial charge on any atom is 0.248 e. The summed E-state index contributed by atoms with van der Waals surface area (Å²) in [6, 6.07) is 15.7. The van der Waals surface area contributed by atoms with Crippen molar-refractivity contribution in [2.24, 2.45) is 0 Å². The summed E-state index contributed by atoms with van der Waals surface area (Å²) in [5.74, 6) is 0.759. The summed E-state index contributed by atoms with van der Waals surface area (Å²) in [4.78, 5) is 18.5. The van der Waals surface area contributed by atoms with Gasteiger partial charge in [0, 0.05) is 32.3 Å². The van der Waals surface area contributed by atoms with Crippen LogP contribution in [-0.4, -0.2) is 56.2 Å². The summed E-state index contributed by atoms with van der Waals surface area (Å²) in [6.45, 7) is 1.46. The average molecular weight is 471 g/mol. The number of hydrogen-bond acceptors (Lipinski definition) is 7. The smallest absolute Gasteiger partial charge is 0.248 e. The van der Waals surface area contributed by atoms with Gasteiger partial charge < -0.3 is 14.2 Å². The zero-order chi connectivity index (χ0) is 23.3. The third-order valence-electron chi connectivity index (χ3n) is 5.56. The highest BCUT2D eigenvalue weighted by atomic mass is 32.2. The van der Waals surface area contributed by atoms with E-state index in [4.69, 9.17) is 9.26 Å². The average Bonchev–Trinajstić information content (AvgIpc) is 3.34. The number of rotatable bonds is 8. The second kappa shape index (κ2) is 10.2. The van der Waals surface area contributed by atoms with E-state index < -0.39 is 10.0 Å². The van der Waals surface area contributed by atoms with Gasteiger partial charge in [0.15, 0.2) is 0 Å². The maximum atomic E-state index is 12.6. The third kappa shape index (κ3) is 5.65. The predicted octanol–water partition coefficient (Wildman–Crippen LogP) is 2.57. The van der Waals surface area contributed by atoms with Crippen molar-refractivity contribution in [2.45, 2.75) is 30.2 Å². The number of aromatic nitrogens is 2. The van der Waals surface area contributed by atoms with Gasteiger partial charge in [-0.2, -0.15) is 4.98 Å². The van der Waals surface area contributed by atoms with E-state index in [1.807, 2.05) is 30.3 Å². The van der Waals surface area contributed by atoms with Gasteiger partial charge in [0.25, 0.3) is 0 Å². The summed E-state index contributed by atoms with van der Waals surface area (Å²) in [5.41, 5.74) is 1.53. The molecule has 174 valence electrons. The molecule has 1 aliphatic heterocycles. The molecule has 3 aromatic rings. The Hall–Kier alpha value is -3.08. The lowest BCUT2D eigenvalue weighted by Crippen LogP contribution is -2.40. The standard InChI is InChI=1S/C23H26N4O5S/c1-31-16-21(28)27-13-5-8-19(15-27)23-25-22(26-32-23)18-9-11-20(12-10-18)33(29,30)24-14-17-6-3-2-4-7-17/h2-4,6-7,9-12,19,24H,5,8,13-16H2,1H3/t19-/m0/s1. The van der Waals surface area contributed by atoms with Crippen LogP contribution in [0.2, 0.25) is 0 Å². The molecular weight excluding hydrogens is 444 g/mol. The third-order valence-corrected chi connectivity index (χ3v) is 6.98. The number of sulfonamides is 1. The topological polar surface area (TPSA) is 115 Å². The van der Waals surface area contributed by atoms with Crippen LogP contribution in [0.5, 0.6) is 0 Å². The van der Waals surface area contributed by atoms with Crippen LogP contribution in [0.1, 0.15) is 30.2 Å². The highest BCUT2D eigenvalue weighted by Crippen LogP contribution is 2.28. The lowest BCUT2D eigenvalue weighted by molar-refractivity contribution is -0.136. The predicted molar refractivity (Wildman–Crippen MR) is 121 cm³/mol. The van der Waals surface area contributed by atoms with Crippen LogP contribution in [0, 0.1) is 0 Å². The second-order valence-corrected chi connectivity index (χ2v) is 9.67. The molecule has 0 bridgehead atoms. The minimum absolute atomic E-state index is 0.0392. The lowest BCUT2D eigenvalue weighted by Gasteiger charge is -2.30. The largest absolute Gasteiger partial charge is 0.375 e. The number of piperidine rings is 1. The highest BCUT2D eigenvalue weighted by molar-refractivity contribution is 7.89. The number of carbonyl (C=O) groups is 1. The molecule has 1 amide bonds. The molecule has 2 heterocycles. The maximum absolute atomic E-state index is 12.6. The summed E-state index contributed by atoms with van der Waals surface area (Å²) in [6.07, 6.45) is 1.70. The number of amides is 1. The highest BCUT2D eigenvalue weighted by Gasteiger charge is 2.28. The molecule has 2 aromatic carbocycles. The van der Waals surface area contributed by atoms with Gasteiger partial charge in [-0.25, -0.2) is 13.1 Å². The van der Waals surface area contributed by atoms with Crippen LogP contribution >= 0.6 is 0 Å². The molecule has 0 spiro atoms. The molecule has 1 aliphatic rings. The Kier molecular flexibility index (Phi) is 7.17. The zero-order valence-electron chi connectivity index (χ0n) is 18.3. The van der Waals surface area contributed by atoms with Gasteiger partial charge in [-0.15, -0.1) is 0 Å². The molecule has 33 heavy (non-hydrogen) atoms. The fourth-order valence-corrected chi connectivity index (χ4v) is 4.80. The first-order valence-corrected chi connectivity index (χ1v) is 12.2. The fourth-order valence-electron chi connectivity index (χ4n) is 3.78. The quantitative estimate of drug-likeness (QED) is 0.538. The van der Waals surface area contributed by atoms with Gasteiger partial charge in [-0.3, -0.25) is 4.79 Å². The molecule has 0 unspecified atom stereocenters. The van der Waals surface area contributed by atoms with E-state index in [0.29, 0.717) is 30.4 Å². The van der Waals surface area contributed by atoms with Gasteiger partial charge in [-0.1, -0.05) is 35.5 Å². The van der Waals surface area contributed by atoms with Crippen LogP contribution in [-0.2, 0) is 26.1 Å². The summed E-state index contributed by atoms with van der Waals surface area (Å²) < 4.78 is 38.2. The first kappa shape index (κ1) is 23.1. The number of hydrogen-bond donors (Lipinski definition) is 1. The van der Waals surface area contributed by atoms with E-state index in [0.717, 1.165) is 18.4 Å². The van der Waals surface area contributed by atoms with Crippen LogP contribution in [0.3, 0.4) is 0 Å². The number of nitrogens with one attached hydrogen (secondary N) is 1. The SMILES string of the molecule is COCC(=O)N1CCC[C@H](c2nc(-c3ccc(S(=O)(=O)NCc4ccccc4)cc3)no2)C1. The van der Waals surface area contributed by atoms with Gasteiger partial charge in [0.2, 0.25) is 27.6 Å². The van der Waals surface area contributed by atoms with E-state index in [9.17, 15) is 13.2 Å². The minimum atomic E-state index is -3.65. The van der Waals surface area contributed by atoms with Crippen molar-refractivity contribution in [1.82, 2.24) is 19.8 Å². The Labute approximate surface area is 192 Å². The lowest BCUT2D eigenvalue weighted by atomic mass is 9.98. The Balaban J connectivity index is 1.42. The van der Waals surface area contributed by atoms with Crippen molar-refractivity contribution in [2.75, 3.05) is 26.8 Å². The summed E-state index contributed by atoms with van der Waals surface area (Å²) in [5, 5.41) is 4.06. The molecule has 0 aliphatic carbocycles. The molecule has 1 aromatic heterocycles. The van der Waals surface area contributed by atoms with Crippen molar-refractivity contribution >= 4 is 15.9 Å².